The average molecular weight is 388 g/mol. The van der Waals surface area contributed by atoms with Gasteiger partial charge in [0.25, 0.3) is 5.91 Å². The largest absolute Gasteiger partial charge is 0.416 e. The maximum atomic E-state index is 12.7. The summed E-state index contributed by atoms with van der Waals surface area (Å²) in [5, 5.41) is 5.03. The van der Waals surface area contributed by atoms with Gasteiger partial charge in [-0.3, -0.25) is 9.59 Å². The molecule has 9 heteroatoms. The fourth-order valence-corrected chi connectivity index (χ4v) is 3.01. The quantitative estimate of drug-likeness (QED) is 0.578. The molecule has 0 aromatic heterocycles. The molecule has 0 aliphatic carbocycles. The van der Waals surface area contributed by atoms with E-state index in [2.05, 4.69) is 10.6 Å². The third-order valence-corrected chi connectivity index (χ3v) is 4.43. The Hall–Kier alpha value is -2.00. The van der Waals surface area contributed by atoms with Crippen molar-refractivity contribution in [1.82, 2.24) is 5.32 Å². The van der Waals surface area contributed by atoms with Crippen LogP contribution in [0.2, 0.25) is 0 Å². The van der Waals surface area contributed by atoms with Gasteiger partial charge in [-0.15, -0.1) is 0 Å². The number of carbonyl (C=O) groups excluding carboxylic acids is 2. The predicted molar refractivity (Wildman–Crippen MR) is 92.7 cm³/mol. The molecule has 1 aliphatic rings. The molecule has 2 rings (SSSR count). The Balaban J connectivity index is 1.96. The van der Waals surface area contributed by atoms with Crippen molar-refractivity contribution in [3.8, 4) is 0 Å². The number of amides is 2. The van der Waals surface area contributed by atoms with Crippen molar-refractivity contribution < 1.29 is 27.5 Å². The first-order valence-corrected chi connectivity index (χ1v) is 8.80. The molecule has 0 saturated carbocycles. The topological polar surface area (TPSA) is 67.4 Å². The van der Waals surface area contributed by atoms with Gasteiger partial charge in [0.15, 0.2) is 0 Å². The van der Waals surface area contributed by atoms with E-state index in [1.807, 2.05) is 13.8 Å². The summed E-state index contributed by atoms with van der Waals surface area (Å²) in [4.78, 5) is 24.5. The maximum absolute atomic E-state index is 12.7. The van der Waals surface area contributed by atoms with Crippen LogP contribution in [0.3, 0.4) is 0 Å². The van der Waals surface area contributed by atoms with Crippen LogP contribution in [0.1, 0.15) is 25.8 Å². The first-order valence-electron chi connectivity index (χ1n) is 7.98. The van der Waals surface area contributed by atoms with Gasteiger partial charge in [-0.2, -0.15) is 13.2 Å². The monoisotopic (exact) mass is 388 g/mol. The van der Waals surface area contributed by atoms with E-state index < -0.39 is 23.6 Å². The third-order valence-electron chi connectivity index (χ3n) is 3.33. The van der Waals surface area contributed by atoms with E-state index in [4.69, 9.17) is 4.74 Å². The Morgan fingerprint density at radius 2 is 2.12 bits per heavy atom. The van der Waals surface area contributed by atoms with E-state index in [-0.39, 0.29) is 16.7 Å². The number of anilines is 1. The number of hydrogen-bond donors (Lipinski definition) is 2. The van der Waals surface area contributed by atoms with Crippen LogP contribution in [0.15, 0.2) is 34.1 Å². The van der Waals surface area contributed by atoms with Crippen molar-refractivity contribution in [1.29, 1.82) is 0 Å². The van der Waals surface area contributed by atoms with Crippen LogP contribution in [0, 0.1) is 0 Å². The zero-order chi connectivity index (χ0) is 19.3. The van der Waals surface area contributed by atoms with Gasteiger partial charge in [0, 0.05) is 24.1 Å². The standard InChI is InChI=1S/C17H19F3N2O3S/c1-10(2)25-7-3-6-21-15(23)9-14-16(24)22-12-8-11(17(18,19)20)4-5-13(12)26-14/h4-5,8-10H,3,6-7H2,1-2H3,(H,21,23)(H,22,24)/b14-9+. The Labute approximate surface area is 153 Å². The van der Waals surface area contributed by atoms with Crippen LogP contribution in [0.4, 0.5) is 18.9 Å². The first-order chi connectivity index (χ1) is 12.2. The van der Waals surface area contributed by atoms with Crippen molar-refractivity contribution in [3.05, 3.63) is 34.7 Å². The zero-order valence-corrected chi connectivity index (χ0v) is 15.1. The Morgan fingerprint density at radius 3 is 2.77 bits per heavy atom. The second kappa shape index (κ2) is 8.59. The molecule has 2 amide bonds. The normalized spacial score (nSPS) is 15.8. The van der Waals surface area contributed by atoms with E-state index in [9.17, 15) is 22.8 Å². The number of benzene rings is 1. The van der Waals surface area contributed by atoms with E-state index in [0.717, 1.165) is 30.0 Å². The van der Waals surface area contributed by atoms with Gasteiger partial charge in [-0.1, -0.05) is 11.8 Å². The molecule has 5 nitrogen and oxygen atoms in total. The van der Waals surface area contributed by atoms with Gasteiger partial charge in [-0.25, -0.2) is 0 Å². The zero-order valence-electron chi connectivity index (χ0n) is 14.3. The lowest BCUT2D eigenvalue weighted by Gasteiger charge is -2.20. The fourth-order valence-electron chi connectivity index (χ4n) is 2.11. The van der Waals surface area contributed by atoms with Crippen LogP contribution >= 0.6 is 11.8 Å². The van der Waals surface area contributed by atoms with E-state index in [0.29, 0.717) is 24.5 Å². The highest BCUT2D eigenvalue weighted by Crippen LogP contribution is 2.41. The summed E-state index contributed by atoms with van der Waals surface area (Å²) in [6.07, 6.45) is -2.59. The highest BCUT2D eigenvalue weighted by molar-refractivity contribution is 8.04. The number of alkyl halides is 3. The summed E-state index contributed by atoms with van der Waals surface area (Å²) in [7, 11) is 0. The molecule has 1 aromatic rings. The number of hydrogen-bond acceptors (Lipinski definition) is 4. The van der Waals surface area contributed by atoms with E-state index in [1.54, 1.807) is 0 Å². The van der Waals surface area contributed by atoms with Crippen molar-refractivity contribution in [2.45, 2.75) is 37.4 Å². The number of thioether (sulfide) groups is 1. The molecule has 0 unspecified atom stereocenters. The minimum absolute atomic E-state index is 0.0817. The smallest absolute Gasteiger partial charge is 0.379 e. The molecule has 1 aliphatic heterocycles. The molecule has 0 spiro atoms. The molecule has 0 saturated heterocycles. The van der Waals surface area contributed by atoms with Crippen LogP contribution in [-0.4, -0.2) is 31.1 Å². The average Bonchev–Trinajstić information content (AvgIpc) is 2.53. The minimum atomic E-state index is -4.49. The third kappa shape index (κ3) is 5.77. The van der Waals surface area contributed by atoms with Gasteiger partial charge >= 0.3 is 6.18 Å². The minimum Gasteiger partial charge on any atom is -0.379 e. The number of halogens is 3. The van der Waals surface area contributed by atoms with E-state index >= 15 is 0 Å². The molecule has 26 heavy (non-hydrogen) atoms. The van der Waals surface area contributed by atoms with Gasteiger partial charge in [-0.05, 0) is 38.5 Å². The Bertz CT molecular complexity index is 718. The molecule has 0 radical (unpaired) electrons. The molecule has 2 N–H and O–H groups in total. The summed E-state index contributed by atoms with van der Waals surface area (Å²) in [6, 6.07) is 3.10. The van der Waals surface area contributed by atoms with Crippen LogP contribution in [0.25, 0.3) is 0 Å². The molecule has 0 fully saturated rings. The van der Waals surface area contributed by atoms with Crippen LogP contribution in [0.5, 0.6) is 0 Å². The predicted octanol–water partition coefficient (Wildman–Crippen LogP) is 3.56. The van der Waals surface area contributed by atoms with Crippen LogP contribution in [-0.2, 0) is 20.5 Å². The highest BCUT2D eigenvalue weighted by Gasteiger charge is 2.32. The van der Waals surface area contributed by atoms with Gasteiger partial charge in [0.1, 0.15) is 0 Å². The number of rotatable bonds is 6. The second-order valence-electron chi connectivity index (χ2n) is 5.84. The molecule has 0 bridgehead atoms. The first kappa shape index (κ1) is 20.3. The fraction of sp³-hybridized carbons (Fsp3) is 0.412. The molecule has 1 heterocycles. The lowest BCUT2D eigenvalue weighted by molar-refractivity contribution is -0.137. The summed E-state index contributed by atoms with van der Waals surface area (Å²) >= 11 is 0.957. The summed E-state index contributed by atoms with van der Waals surface area (Å²) in [5.41, 5.74) is -0.760. The second-order valence-corrected chi connectivity index (χ2v) is 6.92. The van der Waals surface area contributed by atoms with Gasteiger partial charge in [0.05, 0.1) is 22.3 Å². The molecule has 0 atom stereocenters. The van der Waals surface area contributed by atoms with Gasteiger partial charge < -0.3 is 15.4 Å². The summed E-state index contributed by atoms with van der Waals surface area (Å²) in [5.74, 6) is -1.05. The molecular formula is C17H19F3N2O3S. The lowest BCUT2D eigenvalue weighted by Crippen LogP contribution is -2.26. The highest BCUT2D eigenvalue weighted by atomic mass is 32.2. The summed E-state index contributed by atoms with van der Waals surface area (Å²) in [6.45, 7) is 4.74. The van der Waals surface area contributed by atoms with Gasteiger partial charge in [0.2, 0.25) is 5.91 Å². The number of ether oxygens (including phenoxy) is 1. The Morgan fingerprint density at radius 1 is 1.38 bits per heavy atom. The van der Waals surface area contributed by atoms with E-state index in [1.165, 1.54) is 6.07 Å². The van der Waals surface area contributed by atoms with Crippen molar-refractivity contribution >= 4 is 29.3 Å². The number of fused-ring (bicyclic) bond motifs is 1. The maximum Gasteiger partial charge on any atom is 0.416 e. The molecular weight excluding hydrogens is 369 g/mol. The number of nitrogens with one attached hydrogen (secondary N) is 2. The van der Waals surface area contributed by atoms with Crippen LogP contribution < -0.4 is 10.6 Å². The van der Waals surface area contributed by atoms with Crippen molar-refractivity contribution in [2.24, 2.45) is 0 Å². The van der Waals surface area contributed by atoms with Crippen molar-refractivity contribution in [2.75, 3.05) is 18.5 Å². The summed E-state index contributed by atoms with van der Waals surface area (Å²) < 4.78 is 43.5. The van der Waals surface area contributed by atoms with Crippen molar-refractivity contribution in [3.63, 3.8) is 0 Å². The Kier molecular flexibility index (Phi) is 6.71. The molecule has 142 valence electrons. The molecule has 1 aromatic carbocycles. The SMILES string of the molecule is CC(C)OCCCNC(=O)/C=C1/Sc2ccc(C(F)(F)F)cc2NC1=O. The number of carbonyl (C=O) groups is 2. The lowest BCUT2D eigenvalue weighted by atomic mass is 10.2.